The lowest BCUT2D eigenvalue weighted by atomic mass is 10.1. The largest absolute Gasteiger partial charge is 0.347 e. The third kappa shape index (κ3) is 3.58. The summed E-state index contributed by atoms with van der Waals surface area (Å²) < 4.78 is 14.4. The molecule has 0 radical (unpaired) electrons. The fourth-order valence-corrected chi connectivity index (χ4v) is 2.22. The van der Waals surface area contributed by atoms with E-state index in [2.05, 4.69) is 10.2 Å². The molecule has 2 rings (SSSR count). The Morgan fingerprint density at radius 1 is 1.48 bits per heavy atom. The maximum Gasteiger partial charge on any atom is 0.347 e. The van der Waals surface area contributed by atoms with Gasteiger partial charge in [-0.2, -0.15) is 5.10 Å². The highest BCUT2D eigenvalue weighted by Gasteiger charge is 2.16. The van der Waals surface area contributed by atoms with E-state index >= 15 is 0 Å². The van der Waals surface area contributed by atoms with Gasteiger partial charge in [0.2, 0.25) is 0 Å². The van der Waals surface area contributed by atoms with Crippen molar-refractivity contribution in [2.75, 3.05) is 0 Å². The normalized spacial score (nSPS) is 11.1. The number of nitrogens with one attached hydrogen (secondary N) is 1. The van der Waals surface area contributed by atoms with E-state index in [9.17, 15) is 14.0 Å². The average molecular weight is 312 g/mol. The van der Waals surface area contributed by atoms with Gasteiger partial charge in [-0.1, -0.05) is 25.4 Å². The standard InChI is InChI=1S/C14H15ClFN3O2/c1-8(2)5-10(20)7-13-17-18-14(21)19(13)9-3-4-12(16)11(15)6-9/h3-4,6,8H,5,7H2,1-2H3,(H,18,21). The molecule has 0 atom stereocenters. The number of Topliss-reactive ketones (excluding diaryl/α,β-unsaturated/α-hetero) is 1. The van der Waals surface area contributed by atoms with Gasteiger partial charge >= 0.3 is 5.69 Å². The Balaban J connectivity index is 2.36. The second-order valence-electron chi connectivity index (χ2n) is 5.19. The van der Waals surface area contributed by atoms with Crippen molar-refractivity contribution >= 4 is 17.4 Å². The second kappa shape index (κ2) is 6.22. The van der Waals surface area contributed by atoms with Crippen LogP contribution in [0.25, 0.3) is 5.69 Å². The van der Waals surface area contributed by atoms with Crippen LogP contribution < -0.4 is 5.69 Å². The Hall–Kier alpha value is -1.95. The summed E-state index contributed by atoms with van der Waals surface area (Å²) in [6.45, 7) is 3.88. The van der Waals surface area contributed by atoms with E-state index in [0.29, 0.717) is 12.1 Å². The van der Waals surface area contributed by atoms with E-state index in [0.717, 1.165) is 6.07 Å². The van der Waals surface area contributed by atoms with Crippen molar-refractivity contribution in [1.29, 1.82) is 0 Å². The summed E-state index contributed by atoms with van der Waals surface area (Å²) in [6, 6.07) is 3.90. The Morgan fingerprint density at radius 2 is 2.19 bits per heavy atom. The molecular formula is C14H15ClFN3O2. The highest BCUT2D eigenvalue weighted by atomic mass is 35.5. The zero-order chi connectivity index (χ0) is 15.6. The maximum absolute atomic E-state index is 13.2. The molecule has 112 valence electrons. The third-order valence-electron chi connectivity index (χ3n) is 2.89. The first-order valence-corrected chi connectivity index (χ1v) is 6.89. The minimum absolute atomic E-state index is 0.0153. The molecule has 0 amide bonds. The number of H-pyrrole nitrogens is 1. The lowest BCUT2D eigenvalue weighted by molar-refractivity contribution is -0.119. The van der Waals surface area contributed by atoms with Crippen molar-refractivity contribution in [3.8, 4) is 5.69 Å². The van der Waals surface area contributed by atoms with Crippen LogP contribution in [0.2, 0.25) is 5.02 Å². The van der Waals surface area contributed by atoms with Crippen LogP contribution in [0, 0.1) is 11.7 Å². The molecule has 0 bridgehead atoms. The molecular weight excluding hydrogens is 297 g/mol. The molecule has 0 saturated carbocycles. The van der Waals surface area contributed by atoms with Crippen molar-refractivity contribution in [3.05, 3.63) is 45.3 Å². The molecule has 0 aliphatic heterocycles. The number of rotatable bonds is 5. The lowest BCUT2D eigenvalue weighted by Crippen LogP contribution is -2.19. The number of hydrogen-bond acceptors (Lipinski definition) is 3. The van der Waals surface area contributed by atoms with E-state index in [4.69, 9.17) is 11.6 Å². The Labute approximate surface area is 125 Å². The highest BCUT2D eigenvalue weighted by molar-refractivity contribution is 6.30. The van der Waals surface area contributed by atoms with Crippen molar-refractivity contribution in [1.82, 2.24) is 14.8 Å². The molecule has 1 aromatic carbocycles. The molecule has 0 saturated heterocycles. The van der Waals surface area contributed by atoms with Gasteiger partial charge in [-0.05, 0) is 24.1 Å². The van der Waals surface area contributed by atoms with Crippen LogP contribution in [0.4, 0.5) is 4.39 Å². The van der Waals surface area contributed by atoms with Crippen LogP contribution in [-0.4, -0.2) is 20.5 Å². The second-order valence-corrected chi connectivity index (χ2v) is 5.60. The minimum atomic E-state index is -0.575. The van der Waals surface area contributed by atoms with Crippen molar-refractivity contribution in [2.24, 2.45) is 5.92 Å². The SMILES string of the molecule is CC(C)CC(=O)Cc1n[nH]c(=O)n1-c1ccc(F)c(Cl)c1. The first-order valence-electron chi connectivity index (χ1n) is 6.52. The van der Waals surface area contributed by atoms with Crippen LogP contribution in [0.3, 0.4) is 0 Å². The third-order valence-corrected chi connectivity index (χ3v) is 3.18. The van der Waals surface area contributed by atoms with Crippen LogP contribution in [0.1, 0.15) is 26.1 Å². The van der Waals surface area contributed by atoms with Gasteiger partial charge in [-0.3, -0.25) is 4.79 Å². The van der Waals surface area contributed by atoms with Crippen molar-refractivity contribution in [3.63, 3.8) is 0 Å². The van der Waals surface area contributed by atoms with Crippen LogP contribution in [0.15, 0.2) is 23.0 Å². The highest BCUT2D eigenvalue weighted by Crippen LogP contribution is 2.19. The zero-order valence-corrected chi connectivity index (χ0v) is 12.4. The van der Waals surface area contributed by atoms with Crippen LogP contribution in [0.5, 0.6) is 0 Å². The number of aromatic amines is 1. The van der Waals surface area contributed by atoms with Gasteiger partial charge in [-0.15, -0.1) is 0 Å². The summed E-state index contributed by atoms with van der Waals surface area (Å²) in [5.74, 6) is -0.0712. The molecule has 21 heavy (non-hydrogen) atoms. The maximum atomic E-state index is 13.2. The zero-order valence-electron chi connectivity index (χ0n) is 11.7. The minimum Gasteiger partial charge on any atom is -0.299 e. The van der Waals surface area contributed by atoms with Gasteiger partial charge < -0.3 is 0 Å². The molecule has 1 N–H and O–H groups in total. The van der Waals surface area contributed by atoms with Gasteiger partial charge in [0.15, 0.2) is 0 Å². The topological polar surface area (TPSA) is 67.8 Å². The van der Waals surface area contributed by atoms with Gasteiger partial charge in [0.25, 0.3) is 0 Å². The monoisotopic (exact) mass is 311 g/mol. The molecule has 0 aliphatic carbocycles. The van der Waals surface area contributed by atoms with Gasteiger partial charge in [0, 0.05) is 6.42 Å². The summed E-state index contributed by atoms with van der Waals surface area (Å²) in [5, 5.41) is 6.06. The predicted molar refractivity (Wildman–Crippen MR) is 77.3 cm³/mol. The summed E-state index contributed by atoms with van der Waals surface area (Å²) in [7, 11) is 0. The molecule has 0 spiro atoms. The fourth-order valence-electron chi connectivity index (χ4n) is 2.04. The van der Waals surface area contributed by atoms with E-state index in [1.807, 2.05) is 13.8 Å². The molecule has 0 unspecified atom stereocenters. The van der Waals surface area contributed by atoms with Gasteiger partial charge in [-0.25, -0.2) is 18.9 Å². The molecule has 1 heterocycles. The molecule has 0 fully saturated rings. The summed E-state index contributed by atoms with van der Waals surface area (Å²) >= 11 is 5.72. The van der Waals surface area contributed by atoms with Gasteiger partial charge in [0.1, 0.15) is 17.4 Å². The summed E-state index contributed by atoms with van der Waals surface area (Å²) in [4.78, 5) is 23.7. The average Bonchev–Trinajstić information content (AvgIpc) is 2.73. The quantitative estimate of drug-likeness (QED) is 0.922. The van der Waals surface area contributed by atoms with Crippen LogP contribution in [-0.2, 0) is 11.2 Å². The number of benzene rings is 1. The molecule has 1 aromatic heterocycles. The number of hydrogen-bond donors (Lipinski definition) is 1. The van der Waals surface area contributed by atoms with Gasteiger partial charge in [0.05, 0.1) is 17.1 Å². The molecule has 2 aromatic rings. The van der Waals surface area contributed by atoms with Crippen molar-refractivity contribution in [2.45, 2.75) is 26.7 Å². The number of halogens is 2. The van der Waals surface area contributed by atoms with E-state index < -0.39 is 11.5 Å². The Bertz CT molecular complexity index is 721. The number of aromatic nitrogens is 3. The Kier molecular flexibility index (Phi) is 4.57. The van der Waals surface area contributed by atoms with Crippen LogP contribution >= 0.6 is 11.6 Å². The number of nitrogens with zero attached hydrogens (tertiary/aromatic N) is 2. The number of carbonyl (C=O) groups excluding carboxylic acids is 1. The summed E-state index contributed by atoms with van der Waals surface area (Å²) in [6.07, 6.45) is 0.442. The molecule has 0 aliphatic rings. The van der Waals surface area contributed by atoms with E-state index in [-0.39, 0.29) is 29.0 Å². The van der Waals surface area contributed by atoms with E-state index in [1.165, 1.54) is 16.7 Å². The first-order chi connectivity index (χ1) is 9.88. The predicted octanol–water partition coefficient (Wildman–Crippen LogP) is 2.51. The summed E-state index contributed by atoms with van der Waals surface area (Å²) in [5.41, 5.74) is -0.127. The Morgan fingerprint density at radius 3 is 2.81 bits per heavy atom. The van der Waals surface area contributed by atoms with E-state index in [1.54, 1.807) is 0 Å². The first kappa shape index (κ1) is 15.4. The molecule has 7 heteroatoms. The lowest BCUT2D eigenvalue weighted by Gasteiger charge is -2.07. The fraction of sp³-hybridized carbons (Fsp3) is 0.357. The van der Waals surface area contributed by atoms with Crippen molar-refractivity contribution < 1.29 is 9.18 Å². The number of ketones is 1. The number of carbonyl (C=O) groups is 1. The smallest absolute Gasteiger partial charge is 0.299 e. The molecule has 5 nitrogen and oxygen atoms in total.